The van der Waals surface area contributed by atoms with Crippen LogP contribution in [-0.4, -0.2) is 38.3 Å². The van der Waals surface area contributed by atoms with E-state index in [-0.39, 0.29) is 23.5 Å². The number of nitrogens with zero attached hydrogens (tertiary/aromatic N) is 3. The molecule has 1 unspecified atom stereocenters. The number of benzene rings is 1. The molecule has 8 heteroatoms. The van der Waals surface area contributed by atoms with E-state index in [0.717, 1.165) is 23.8 Å². The van der Waals surface area contributed by atoms with Gasteiger partial charge < -0.3 is 14.6 Å². The zero-order chi connectivity index (χ0) is 18.5. The first-order valence-electron chi connectivity index (χ1n) is 9.32. The van der Waals surface area contributed by atoms with Crippen LogP contribution in [0.15, 0.2) is 23.4 Å². The van der Waals surface area contributed by atoms with Crippen molar-refractivity contribution >= 4 is 29.1 Å². The highest BCUT2D eigenvalue weighted by atomic mass is 32.2. The van der Waals surface area contributed by atoms with Crippen molar-refractivity contribution in [1.82, 2.24) is 14.8 Å². The number of hydrogen-bond acceptors (Lipinski definition) is 6. The molecule has 2 aliphatic carbocycles. The van der Waals surface area contributed by atoms with Crippen molar-refractivity contribution in [2.24, 2.45) is 0 Å². The molecular formula is C19H20N4O3S. The van der Waals surface area contributed by atoms with Gasteiger partial charge in [0.15, 0.2) is 17.5 Å². The van der Waals surface area contributed by atoms with Crippen molar-refractivity contribution in [3.8, 4) is 5.75 Å². The van der Waals surface area contributed by atoms with Gasteiger partial charge in [0.25, 0.3) is 5.91 Å². The van der Waals surface area contributed by atoms with Crippen LogP contribution in [0.25, 0.3) is 0 Å². The highest BCUT2D eigenvalue weighted by molar-refractivity contribution is 8.00. The minimum Gasteiger partial charge on any atom is -0.482 e. The molecule has 0 bridgehead atoms. The molecule has 27 heavy (non-hydrogen) atoms. The quantitative estimate of drug-likeness (QED) is 0.608. The number of aromatic nitrogens is 3. The summed E-state index contributed by atoms with van der Waals surface area (Å²) in [5.41, 5.74) is 1.10. The Hall–Kier alpha value is -2.35. The predicted molar refractivity (Wildman–Crippen MR) is 100 cm³/mol. The van der Waals surface area contributed by atoms with E-state index in [1.165, 1.54) is 24.6 Å². The van der Waals surface area contributed by atoms with Crippen LogP contribution >= 0.6 is 11.8 Å². The molecule has 0 radical (unpaired) electrons. The van der Waals surface area contributed by atoms with Crippen molar-refractivity contribution in [2.75, 3.05) is 11.9 Å². The van der Waals surface area contributed by atoms with Gasteiger partial charge in [0.05, 0.1) is 10.9 Å². The molecule has 1 aliphatic heterocycles. The Morgan fingerprint density at radius 2 is 2.11 bits per heavy atom. The molecule has 2 fully saturated rings. The molecule has 140 valence electrons. The molecule has 5 rings (SSSR count). The first-order valence-corrected chi connectivity index (χ1v) is 10.2. The third kappa shape index (κ3) is 3.22. The van der Waals surface area contributed by atoms with Gasteiger partial charge in [0.1, 0.15) is 11.6 Å². The van der Waals surface area contributed by atoms with Crippen molar-refractivity contribution in [3.05, 3.63) is 29.6 Å². The Labute approximate surface area is 160 Å². The molecule has 0 saturated heterocycles. The van der Waals surface area contributed by atoms with Gasteiger partial charge in [-0.05, 0) is 50.8 Å². The molecule has 1 atom stereocenters. The lowest BCUT2D eigenvalue weighted by Gasteiger charge is -2.19. The van der Waals surface area contributed by atoms with Gasteiger partial charge in [0.2, 0.25) is 0 Å². The number of nitrogens with one attached hydrogen (secondary N) is 1. The van der Waals surface area contributed by atoms with E-state index in [2.05, 4.69) is 20.1 Å². The van der Waals surface area contributed by atoms with Gasteiger partial charge in [-0.2, -0.15) is 0 Å². The van der Waals surface area contributed by atoms with E-state index in [1.807, 2.05) is 6.92 Å². The third-order valence-electron chi connectivity index (χ3n) is 5.09. The topological polar surface area (TPSA) is 86.1 Å². The molecule has 2 aromatic rings. The summed E-state index contributed by atoms with van der Waals surface area (Å²) in [6, 6.07) is 5.66. The second kappa shape index (κ2) is 6.37. The van der Waals surface area contributed by atoms with Crippen LogP contribution in [-0.2, 0) is 4.79 Å². The monoisotopic (exact) mass is 384 g/mol. The Bertz CT molecular complexity index is 933. The standard InChI is InChI=1S/C19H20N4O3S/c1-10(17(25)12-4-7-15-14(8-12)20-16(24)9-26-15)27-19-22-21-18(11-2-3-11)23(19)13-5-6-13/h4,7-8,10-11,13H,2-3,5-6,9H2,1H3,(H,20,24). The number of anilines is 1. The van der Waals surface area contributed by atoms with Gasteiger partial charge in [-0.25, -0.2) is 0 Å². The first-order chi connectivity index (χ1) is 13.1. The lowest BCUT2D eigenvalue weighted by atomic mass is 10.1. The number of ketones is 1. The normalized spacial score (nSPS) is 19.8. The summed E-state index contributed by atoms with van der Waals surface area (Å²) < 4.78 is 7.61. The van der Waals surface area contributed by atoms with Crippen LogP contribution < -0.4 is 10.1 Å². The van der Waals surface area contributed by atoms with Crippen LogP contribution in [0.5, 0.6) is 5.75 Å². The summed E-state index contributed by atoms with van der Waals surface area (Å²) in [6.45, 7) is 1.90. The van der Waals surface area contributed by atoms with Crippen molar-refractivity contribution in [3.63, 3.8) is 0 Å². The second-order valence-corrected chi connectivity index (χ2v) is 8.70. The fraction of sp³-hybridized carbons (Fsp3) is 0.474. The van der Waals surface area contributed by atoms with E-state index < -0.39 is 0 Å². The van der Waals surface area contributed by atoms with Gasteiger partial charge >= 0.3 is 0 Å². The molecule has 0 spiro atoms. The number of carbonyl (C=O) groups excluding carboxylic acids is 2. The summed E-state index contributed by atoms with van der Waals surface area (Å²) >= 11 is 1.47. The van der Waals surface area contributed by atoms with E-state index >= 15 is 0 Å². The second-order valence-electron chi connectivity index (χ2n) is 7.39. The molecule has 2 heterocycles. The highest BCUT2D eigenvalue weighted by Gasteiger charge is 2.37. The van der Waals surface area contributed by atoms with Crippen LogP contribution in [0, 0.1) is 0 Å². The van der Waals surface area contributed by atoms with Crippen molar-refractivity contribution < 1.29 is 14.3 Å². The molecule has 7 nitrogen and oxygen atoms in total. The largest absolute Gasteiger partial charge is 0.482 e. The van der Waals surface area contributed by atoms with Crippen molar-refractivity contribution in [1.29, 1.82) is 0 Å². The van der Waals surface area contributed by atoms with Gasteiger partial charge in [-0.15, -0.1) is 10.2 Å². The lowest BCUT2D eigenvalue weighted by molar-refractivity contribution is -0.118. The average molecular weight is 384 g/mol. The average Bonchev–Trinajstić information content (AvgIpc) is 3.59. The van der Waals surface area contributed by atoms with Crippen molar-refractivity contribution in [2.45, 2.75) is 55.0 Å². The van der Waals surface area contributed by atoms with E-state index in [0.29, 0.717) is 29.0 Å². The number of ether oxygens (including phenoxy) is 1. The van der Waals surface area contributed by atoms with Crippen LogP contribution in [0.4, 0.5) is 5.69 Å². The molecule has 2 saturated carbocycles. The Kier molecular flexibility index (Phi) is 3.96. The van der Waals surface area contributed by atoms with E-state index in [4.69, 9.17) is 4.74 Å². The molecule has 1 aromatic heterocycles. The summed E-state index contributed by atoms with van der Waals surface area (Å²) in [6.07, 6.45) is 4.70. The maximum Gasteiger partial charge on any atom is 0.262 e. The number of hydrogen-bond donors (Lipinski definition) is 1. The SMILES string of the molecule is CC(Sc1nnc(C2CC2)n1C1CC1)C(=O)c1ccc2c(c1)NC(=O)CO2. The smallest absolute Gasteiger partial charge is 0.262 e. The number of carbonyl (C=O) groups is 2. The molecular weight excluding hydrogens is 364 g/mol. The predicted octanol–water partition coefficient (Wildman–Crippen LogP) is 3.18. The van der Waals surface area contributed by atoms with Crippen LogP contribution in [0.3, 0.4) is 0 Å². The number of Topliss-reactive ketones (excluding diaryl/α,β-unsaturated/α-hetero) is 1. The zero-order valence-corrected chi connectivity index (χ0v) is 15.8. The summed E-state index contributed by atoms with van der Waals surface area (Å²) in [5.74, 6) is 2.02. The fourth-order valence-electron chi connectivity index (χ4n) is 3.35. The third-order valence-corrected chi connectivity index (χ3v) is 6.15. The molecule has 1 N–H and O–H groups in total. The Morgan fingerprint density at radius 1 is 1.30 bits per heavy atom. The Morgan fingerprint density at radius 3 is 2.85 bits per heavy atom. The first kappa shape index (κ1) is 16.8. The fourth-order valence-corrected chi connectivity index (χ4v) is 4.35. The van der Waals surface area contributed by atoms with Crippen LogP contribution in [0.2, 0.25) is 0 Å². The maximum atomic E-state index is 12.9. The summed E-state index contributed by atoms with van der Waals surface area (Å²) in [5, 5.41) is 12.1. The number of amides is 1. The maximum absolute atomic E-state index is 12.9. The molecule has 1 aromatic carbocycles. The molecule has 3 aliphatic rings. The van der Waals surface area contributed by atoms with E-state index in [1.54, 1.807) is 18.2 Å². The summed E-state index contributed by atoms with van der Waals surface area (Å²) in [7, 11) is 0. The lowest BCUT2D eigenvalue weighted by Crippen LogP contribution is -2.25. The number of rotatable bonds is 6. The molecule has 1 amide bonds. The minimum absolute atomic E-state index is 0.000872. The highest BCUT2D eigenvalue weighted by Crippen LogP contribution is 2.46. The Balaban J connectivity index is 1.36. The van der Waals surface area contributed by atoms with Gasteiger partial charge in [-0.1, -0.05) is 11.8 Å². The van der Waals surface area contributed by atoms with E-state index in [9.17, 15) is 9.59 Å². The summed E-state index contributed by atoms with van der Waals surface area (Å²) in [4.78, 5) is 24.4. The number of thioether (sulfide) groups is 1. The minimum atomic E-state index is -0.294. The van der Waals surface area contributed by atoms with Gasteiger partial charge in [-0.3, -0.25) is 9.59 Å². The zero-order valence-electron chi connectivity index (χ0n) is 15.0. The number of fused-ring (bicyclic) bond motifs is 1. The van der Waals surface area contributed by atoms with Gasteiger partial charge in [0, 0.05) is 17.5 Å². The van der Waals surface area contributed by atoms with Crippen LogP contribution in [0.1, 0.15) is 60.7 Å².